The molecule has 9 heteroatoms. The Morgan fingerprint density at radius 3 is 2.73 bits per heavy atom. The highest BCUT2D eigenvalue weighted by molar-refractivity contribution is 5.82. The van der Waals surface area contributed by atoms with Gasteiger partial charge in [0.15, 0.2) is 17.0 Å². The van der Waals surface area contributed by atoms with Gasteiger partial charge in [0.2, 0.25) is 0 Å². The van der Waals surface area contributed by atoms with Gasteiger partial charge in [-0.1, -0.05) is 6.08 Å². The van der Waals surface area contributed by atoms with Gasteiger partial charge in [0, 0.05) is 6.42 Å². The van der Waals surface area contributed by atoms with Crippen LogP contribution < -0.4 is 5.32 Å². The number of aliphatic hydroxyl groups is 3. The maximum absolute atomic E-state index is 10.3. The molecule has 0 saturated carbocycles. The maximum Gasteiger partial charge on any atom is 0.183 e. The molecule has 1 aliphatic rings. The number of aliphatic hydroxyl groups excluding tert-OH is 3. The number of aromatic nitrogens is 4. The Hall–Kier alpha value is -2.20. The van der Waals surface area contributed by atoms with Gasteiger partial charge in [0.05, 0.1) is 19.0 Å². The molecule has 0 aliphatic carbocycles. The van der Waals surface area contributed by atoms with Gasteiger partial charge in [-0.25, -0.2) is 19.9 Å². The number of aliphatic imine (C=N–C) groups is 1. The predicted octanol–water partition coefficient (Wildman–Crippen LogP) is 0.242. The van der Waals surface area contributed by atoms with E-state index in [1.54, 1.807) is 4.57 Å². The molecule has 2 aromatic rings. The summed E-state index contributed by atoms with van der Waals surface area (Å²) in [7, 11) is 0. The fraction of sp³-hybridized carbons (Fsp3) is 0.529. The smallest absolute Gasteiger partial charge is 0.183 e. The summed E-state index contributed by atoms with van der Waals surface area (Å²) in [6.45, 7) is 6.98. The normalized spacial score (nSPS) is 25.7. The van der Waals surface area contributed by atoms with Gasteiger partial charge in [0.25, 0.3) is 0 Å². The maximum atomic E-state index is 10.3. The summed E-state index contributed by atoms with van der Waals surface area (Å²) >= 11 is 0. The summed E-state index contributed by atoms with van der Waals surface area (Å²) in [5.74, 6) is 1.01. The van der Waals surface area contributed by atoms with Crippen LogP contribution in [-0.4, -0.2) is 66.4 Å². The molecule has 4 atom stereocenters. The van der Waals surface area contributed by atoms with Crippen molar-refractivity contribution < 1.29 is 15.3 Å². The van der Waals surface area contributed by atoms with Crippen LogP contribution in [0.4, 0.5) is 5.82 Å². The number of aryl methyl sites for hydroxylation is 1. The van der Waals surface area contributed by atoms with E-state index in [0.29, 0.717) is 29.2 Å². The number of nitrogens with one attached hydrogen (secondary N) is 1. The Labute approximate surface area is 151 Å². The van der Waals surface area contributed by atoms with Gasteiger partial charge >= 0.3 is 0 Å². The number of rotatable bonds is 8. The molecular formula is C17H24N6O3. The van der Waals surface area contributed by atoms with Gasteiger partial charge in [-0.3, -0.25) is 9.88 Å². The molecule has 3 rings (SSSR count). The summed E-state index contributed by atoms with van der Waals surface area (Å²) in [4.78, 5) is 17.2. The van der Waals surface area contributed by atoms with E-state index in [1.807, 2.05) is 6.08 Å². The van der Waals surface area contributed by atoms with E-state index < -0.39 is 24.4 Å². The van der Waals surface area contributed by atoms with E-state index in [2.05, 4.69) is 38.6 Å². The first-order chi connectivity index (χ1) is 12.6. The number of fused-ring (bicyclic) bond motifs is 1. The number of allylic oxidation sites excluding steroid dienone is 1. The lowest BCUT2D eigenvalue weighted by atomic mass is 10.1. The minimum absolute atomic E-state index is 0.287. The van der Waals surface area contributed by atoms with E-state index >= 15 is 0 Å². The molecule has 26 heavy (non-hydrogen) atoms. The second-order valence-electron chi connectivity index (χ2n) is 6.36. The van der Waals surface area contributed by atoms with Crippen molar-refractivity contribution in [2.45, 2.75) is 50.1 Å². The molecule has 0 bridgehead atoms. The molecule has 140 valence electrons. The summed E-state index contributed by atoms with van der Waals surface area (Å²) in [6.07, 6.45) is 4.08. The van der Waals surface area contributed by atoms with Gasteiger partial charge < -0.3 is 15.3 Å². The molecule has 0 spiro atoms. The Morgan fingerprint density at radius 1 is 1.27 bits per heavy atom. The molecule has 1 fully saturated rings. The largest absolute Gasteiger partial charge is 0.395 e. The zero-order valence-electron chi connectivity index (χ0n) is 14.5. The van der Waals surface area contributed by atoms with Gasteiger partial charge in [-0.05, 0) is 26.0 Å². The highest BCUT2D eigenvalue weighted by Gasteiger charge is 2.42. The Bertz CT molecular complexity index is 792. The van der Waals surface area contributed by atoms with Crippen LogP contribution >= 0.6 is 0 Å². The summed E-state index contributed by atoms with van der Waals surface area (Å²) < 4.78 is 1.64. The first-order valence-electron chi connectivity index (χ1n) is 8.64. The molecule has 0 amide bonds. The predicted molar refractivity (Wildman–Crippen MR) is 97.3 cm³/mol. The SMILES string of the molecule is C=CCCCCc1nc(N=C)c2ncn([C@@H]3N[C@H](CO)[C@@H](O)[C@H]3O)c2n1. The monoisotopic (exact) mass is 360 g/mol. The van der Waals surface area contributed by atoms with Crippen molar-refractivity contribution in [2.75, 3.05) is 6.61 Å². The quantitative estimate of drug-likeness (QED) is 0.301. The molecule has 3 heterocycles. The van der Waals surface area contributed by atoms with Gasteiger partial charge in [0.1, 0.15) is 24.2 Å². The minimum atomic E-state index is -1.10. The van der Waals surface area contributed by atoms with Crippen LogP contribution in [0, 0.1) is 0 Å². The lowest BCUT2D eigenvalue weighted by molar-refractivity contribution is 0.0112. The first kappa shape index (κ1) is 18.6. The van der Waals surface area contributed by atoms with Crippen molar-refractivity contribution in [3.63, 3.8) is 0 Å². The minimum Gasteiger partial charge on any atom is -0.395 e. The van der Waals surface area contributed by atoms with E-state index in [-0.39, 0.29) is 6.61 Å². The standard InChI is InChI=1S/C17H24N6O3/c1-3-4-5-6-7-11-21-15(18-2)12-16(22-11)23(9-19-12)17-14(26)13(25)10(8-24)20-17/h3,9-10,13-14,17,20,24-26H,1-2,4-8H2/t10-,13-,14-,17+/m1/s1. The van der Waals surface area contributed by atoms with E-state index in [4.69, 9.17) is 0 Å². The Kier molecular flexibility index (Phi) is 5.72. The average molecular weight is 360 g/mol. The molecule has 0 aromatic carbocycles. The number of nitrogens with zero attached hydrogens (tertiary/aromatic N) is 5. The number of hydrogen-bond donors (Lipinski definition) is 4. The summed E-state index contributed by atoms with van der Waals surface area (Å²) in [5.41, 5.74) is 0.981. The van der Waals surface area contributed by atoms with Crippen molar-refractivity contribution in [3.05, 3.63) is 24.8 Å². The molecule has 0 unspecified atom stereocenters. The van der Waals surface area contributed by atoms with Crippen LogP contribution in [0.2, 0.25) is 0 Å². The van der Waals surface area contributed by atoms with E-state index in [1.165, 1.54) is 6.33 Å². The first-order valence-corrected chi connectivity index (χ1v) is 8.64. The fourth-order valence-corrected chi connectivity index (χ4v) is 3.19. The summed E-state index contributed by atoms with van der Waals surface area (Å²) in [5, 5.41) is 32.7. The highest BCUT2D eigenvalue weighted by atomic mass is 16.3. The molecule has 2 aromatic heterocycles. The Morgan fingerprint density at radius 2 is 2.08 bits per heavy atom. The molecule has 1 saturated heterocycles. The van der Waals surface area contributed by atoms with Gasteiger partial charge in [-0.2, -0.15) is 0 Å². The third kappa shape index (κ3) is 3.38. The summed E-state index contributed by atoms with van der Waals surface area (Å²) in [6, 6.07) is -0.621. The lowest BCUT2D eigenvalue weighted by Crippen LogP contribution is -2.36. The third-order valence-electron chi connectivity index (χ3n) is 4.62. The number of hydrogen-bond acceptors (Lipinski definition) is 8. The van der Waals surface area contributed by atoms with Crippen molar-refractivity contribution >= 4 is 23.7 Å². The van der Waals surface area contributed by atoms with Gasteiger partial charge in [-0.15, -0.1) is 6.58 Å². The molecule has 9 nitrogen and oxygen atoms in total. The zero-order valence-corrected chi connectivity index (χ0v) is 14.5. The van der Waals surface area contributed by atoms with Crippen LogP contribution in [0.5, 0.6) is 0 Å². The molecule has 1 aliphatic heterocycles. The van der Waals surface area contributed by atoms with Crippen molar-refractivity contribution in [1.29, 1.82) is 0 Å². The number of imidazole rings is 1. The van der Waals surface area contributed by atoms with Crippen LogP contribution in [0.3, 0.4) is 0 Å². The van der Waals surface area contributed by atoms with Crippen LogP contribution in [0.1, 0.15) is 31.3 Å². The highest BCUT2D eigenvalue weighted by Crippen LogP contribution is 2.28. The number of unbranched alkanes of at least 4 members (excludes halogenated alkanes) is 2. The molecule has 0 radical (unpaired) electrons. The third-order valence-corrected chi connectivity index (χ3v) is 4.62. The Balaban J connectivity index is 1.94. The second-order valence-corrected chi connectivity index (χ2v) is 6.36. The van der Waals surface area contributed by atoms with Crippen molar-refractivity contribution in [3.8, 4) is 0 Å². The van der Waals surface area contributed by atoms with E-state index in [9.17, 15) is 15.3 Å². The van der Waals surface area contributed by atoms with Crippen LogP contribution in [0.25, 0.3) is 11.2 Å². The lowest BCUT2D eigenvalue weighted by Gasteiger charge is -2.18. The van der Waals surface area contributed by atoms with Crippen molar-refractivity contribution in [1.82, 2.24) is 24.8 Å². The topological polar surface area (TPSA) is 129 Å². The fourth-order valence-electron chi connectivity index (χ4n) is 3.19. The molecule has 4 N–H and O–H groups in total. The van der Waals surface area contributed by atoms with E-state index in [0.717, 1.165) is 19.3 Å². The second kappa shape index (κ2) is 8.00. The van der Waals surface area contributed by atoms with Crippen LogP contribution in [-0.2, 0) is 6.42 Å². The van der Waals surface area contributed by atoms with Crippen molar-refractivity contribution in [2.24, 2.45) is 4.99 Å². The molecular weight excluding hydrogens is 336 g/mol. The average Bonchev–Trinajstić information content (AvgIpc) is 3.19. The zero-order chi connectivity index (χ0) is 18.7. The van der Waals surface area contributed by atoms with Crippen LogP contribution in [0.15, 0.2) is 24.0 Å².